The van der Waals surface area contributed by atoms with Gasteiger partial charge in [-0.2, -0.15) is 0 Å². The van der Waals surface area contributed by atoms with E-state index in [4.69, 9.17) is 31.0 Å². The lowest BCUT2D eigenvalue weighted by molar-refractivity contribution is -0.135. The number of aromatic amines is 2. The van der Waals surface area contributed by atoms with E-state index in [1.165, 1.54) is 14.2 Å². The van der Waals surface area contributed by atoms with Crippen LogP contribution in [0, 0.1) is 0 Å². The quantitative estimate of drug-likeness (QED) is 0.101. The number of nitrogens with one attached hydrogen (secondary N) is 4. The van der Waals surface area contributed by atoms with E-state index in [0.29, 0.717) is 53.1 Å². The van der Waals surface area contributed by atoms with Crippen molar-refractivity contribution in [3.8, 4) is 33.6 Å². The van der Waals surface area contributed by atoms with Crippen LogP contribution in [0.5, 0.6) is 0 Å². The standard InChI is InChI=1S/C46H45ClN8O6/c1-60-45(58)51-38(31-11-5-3-6-12-31)43(56)54-25-9-15-35(54)41-48-27-34(49-41)30-21-17-28(18-22-30)29-19-23-33(24-20-29)37-40(47)53-42(50-37)36-16-10-26-55(36)44(57)39(52-46(59)61-2)32-13-7-4-8-14-32/h3-8,11-14,17-24,27,35-36,38-39H,9-10,15-16,25-26H2,1-2H3,(H,48,49)(H,50,53)(H,51,58)(H,52,59)/t35-,36-,38+,39+/m0/s1. The number of likely N-dealkylation sites (tertiary alicyclic amines) is 2. The highest BCUT2D eigenvalue weighted by molar-refractivity contribution is 6.32. The van der Waals surface area contributed by atoms with Gasteiger partial charge in [-0.1, -0.05) is 121 Å². The molecule has 15 heteroatoms. The second-order valence-corrected chi connectivity index (χ2v) is 15.3. The molecule has 4 aromatic carbocycles. The van der Waals surface area contributed by atoms with Crippen molar-refractivity contribution in [1.29, 1.82) is 0 Å². The largest absolute Gasteiger partial charge is 0.453 e. The molecule has 61 heavy (non-hydrogen) atoms. The van der Waals surface area contributed by atoms with Gasteiger partial charge in [0.05, 0.1) is 38.2 Å². The minimum Gasteiger partial charge on any atom is -0.453 e. The Balaban J connectivity index is 0.943. The number of imidazole rings is 2. The molecule has 0 spiro atoms. The predicted molar refractivity (Wildman–Crippen MR) is 229 cm³/mol. The summed E-state index contributed by atoms with van der Waals surface area (Å²) in [6.07, 6.45) is 3.41. The van der Waals surface area contributed by atoms with Gasteiger partial charge < -0.3 is 39.9 Å². The Kier molecular flexibility index (Phi) is 12.1. The zero-order chi connectivity index (χ0) is 42.5. The molecule has 4 heterocycles. The number of methoxy groups -OCH3 is 2. The lowest BCUT2D eigenvalue weighted by Crippen LogP contribution is -2.42. The summed E-state index contributed by atoms with van der Waals surface area (Å²) in [5.74, 6) is 0.785. The first kappa shape index (κ1) is 40.8. The summed E-state index contributed by atoms with van der Waals surface area (Å²) in [7, 11) is 2.54. The molecule has 6 aromatic rings. The number of hydrogen-bond donors (Lipinski definition) is 4. The lowest BCUT2D eigenvalue weighted by Gasteiger charge is -2.28. The van der Waals surface area contributed by atoms with Crippen molar-refractivity contribution in [3.63, 3.8) is 0 Å². The van der Waals surface area contributed by atoms with E-state index in [2.05, 4.69) is 20.6 Å². The Morgan fingerprint density at radius 3 is 1.59 bits per heavy atom. The minimum atomic E-state index is -0.921. The zero-order valence-corrected chi connectivity index (χ0v) is 34.4. The van der Waals surface area contributed by atoms with Crippen LogP contribution in [0.1, 0.15) is 72.6 Å². The average molecular weight is 841 g/mol. The molecule has 8 rings (SSSR count). The molecule has 2 aromatic heterocycles. The molecule has 4 amide bonds. The van der Waals surface area contributed by atoms with Crippen LogP contribution in [-0.2, 0) is 19.1 Å². The van der Waals surface area contributed by atoms with Crippen LogP contribution >= 0.6 is 11.6 Å². The van der Waals surface area contributed by atoms with E-state index in [1.54, 1.807) is 28.1 Å². The van der Waals surface area contributed by atoms with E-state index in [-0.39, 0.29) is 23.9 Å². The highest BCUT2D eigenvalue weighted by Crippen LogP contribution is 2.38. The van der Waals surface area contributed by atoms with Crippen LogP contribution in [-0.4, -0.2) is 81.0 Å². The van der Waals surface area contributed by atoms with Gasteiger partial charge in [-0.25, -0.2) is 19.6 Å². The van der Waals surface area contributed by atoms with E-state index in [1.807, 2.05) is 97.1 Å². The number of H-pyrrole nitrogens is 2. The normalized spacial score (nSPS) is 17.1. The van der Waals surface area contributed by atoms with Gasteiger partial charge in [0.1, 0.15) is 34.6 Å². The third kappa shape index (κ3) is 8.71. The average Bonchev–Trinajstić information content (AvgIpc) is 4.15. The molecular weight excluding hydrogens is 796 g/mol. The van der Waals surface area contributed by atoms with Crippen LogP contribution in [0.4, 0.5) is 9.59 Å². The maximum Gasteiger partial charge on any atom is 0.407 e. The highest BCUT2D eigenvalue weighted by atomic mass is 35.5. The van der Waals surface area contributed by atoms with Crippen molar-refractivity contribution in [1.82, 2.24) is 40.4 Å². The summed E-state index contributed by atoms with van der Waals surface area (Å²) in [4.78, 5) is 72.1. The van der Waals surface area contributed by atoms with Gasteiger partial charge in [0.15, 0.2) is 0 Å². The Labute approximate surface area is 357 Å². The topological polar surface area (TPSA) is 175 Å². The smallest absolute Gasteiger partial charge is 0.407 e. The molecule has 0 radical (unpaired) electrons. The third-order valence-electron chi connectivity index (χ3n) is 11.3. The number of aromatic nitrogens is 4. The monoisotopic (exact) mass is 840 g/mol. The second kappa shape index (κ2) is 18.1. The number of carbonyl (C=O) groups is 4. The number of ether oxygens (including phenoxy) is 2. The number of alkyl carbamates (subject to hydrolysis) is 2. The number of benzene rings is 4. The van der Waals surface area contributed by atoms with Crippen molar-refractivity contribution in [2.75, 3.05) is 27.3 Å². The summed E-state index contributed by atoms with van der Waals surface area (Å²) in [5.41, 5.74) is 6.50. The summed E-state index contributed by atoms with van der Waals surface area (Å²) in [6, 6.07) is 31.9. The molecule has 2 aliphatic heterocycles. The molecule has 2 saturated heterocycles. The van der Waals surface area contributed by atoms with Gasteiger partial charge in [-0.15, -0.1) is 0 Å². The minimum absolute atomic E-state index is 0.224. The van der Waals surface area contributed by atoms with Crippen LogP contribution in [0.3, 0.4) is 0 Å². The zero-order valence-electron chi connectivity index (χ0n) is 33.6. The second-order valence-electron chi connectivity index (χ2n) is 15.0. The Hall–Kier alpha value is -6.93. The fourth-order valence-corrected chi connectivity index (χ4v) is 8.46. The van der Waals surface area contributed by atoms with Gasteiger partial charge in [0.25, 0.3) is 11.8 Å². The van der Waals surface area contributed by atoms with Crippen molar-refractivity contribution in [3.05, 3.63) is 143 Å². The van der Waals surface area contributed by atoms with Crippen molar-refractivity contribution in [2.24, 2.45) is 0 Å². The molecule has 0 unspecified atom stereocenters. The van der Waals surface area contributed by atoms with Crippen LogP contribution in [0.2, 0.25) is 5.15 Å². The number of amides is 4. The van der Waals surface area contributed by atoms with Crippen molar-refractivity contribution < 1.29 is 28.7 Å². The fraction of sp³-hybridized carbons (Fsp3) is 0.261. The molecule has 2 fully saturated rings. The first-order chi connectivity index (χ1) is 29.7. The van der Waals surface area contributed by atoms with Gasteiger partial charge in [-0.3, -0.25) is 9.59 Å². The Morgan fingerprint density at radius 1 is 0.639 bits per heavy atom. The van der Waals surface area contributed by atoms with Crippen molar-refractivity contribution >= 4 is 35.6 Å². The number of halogens is 1. The summed E-state index contributed by atoms with van der Waals surface area (Å²) < 4.78 is 9.65. The van der Waals surface area contributed by atoms with Gasteiger partial charge >= 0.3 is 12.2 Å². The van der Waals surface area contributed by atoms with E-state index >= 15 is 0 Å². The fourth-order valence-electron chi connectivity index (χ4n) is 8.21. The first-order valence-corrected chi connectivity index (χ1v) is 20.5. The maximum absolute atomic E-state index is 14.0. The van der Waals surface area contributed by atoms with Crippen LogP contribution < -0.4 is 10.6 Å². The molecule has 4 atom stereocenters. The SMILES string of the molecule is COC(=O)N[C@@H](C(=O)N1CCC[C@H]1c1ncc(-c2ccc(-c3ccc(-c4nc([C@@H]5CCCN5C(=O)[C@H](NC(=O)OC)c5ccccc5)[nH]c4Cl)cc3)cc2)[nH]1)c1ccccc1. The van der Waals surface area contributed by atoms with E-state index in [9.17, 15) is 19.2 Å². The van der Waals surface area contributed by atoms with Crippen LogP contribution in [0.25, 0.3) is 33.6 Å². The molecule has 0 aliphatic carbocycles. The molecule has 0 bridgehead atoms. The van der Waals surface area contributed by atoms with Gasteiger partial charge in [0.2, 0.25) is 0 Å². The molecule has 2 aliphatic rings. The van der Waals surface area contributed by atoms with Gasteiger partial charge in [0, 0.05) is 18.7 Å². The molecule has 0 saturated carbocycles. The summed E-state index contributed by atoms with van der Waals surface area (Å²) in [5, 5.41) is 5.77. The number of carbonyl (C=O) groups excluding carboxylic acids is 4. The van der Waals surface area contributed by atoms with Gasteiger partial charge in [-0.05, 0) is 53.5 Å². The van der Waals surface area contributed by atoms with E-state index < -0.39 is 24.3 Å². The summed E-state index contributed by atoms with van der Waals surface area (Å²) >= 11 is 6.75. The lowest BCUT2D eigenvalue weighted by atomic mass is 10.0. The highest BCUT2D eigenvalue weighted by Gasteiger charge is 2.39. The molecular formula is C46H45ClN8O6. The number of rotatable bonds is 11. The number of nitrogens with zero attached hydrogens (tertiary/aromatic N) is 4. The predicted octanol–water partition coefficient (Wildman–Crippen LogP) is 8.31. The molecule has 14 nitrogen and oxygen atoms in total. The molecule has 312 valence electrons. The first-order valence-electron chi connectivity index (χ1n) is 20.1. The third-order valence-corrected chi connectivity index (χ3v) is 11.6. The molecule has 4 N–H and O–H groups in total. The summed E-state index contributed by atoms with van der Waals surface area (Å²) in [6.45, 7) is 1.05. The maximum atomic E-state index is 14.0. The van der Waals surface area contributed by atoms with Crippen LogP contribution in [0.15, 0.2) is 115 Å². The number of hydrogen-bond acceptors (Lipinski definition) is 8. The van der Waals surface area contributed by atoms with E-state index in [0.717, 1.165) is 47.2 Å². The van der Waals surface area contributed by atoms with Crippen molar-refractivity contribution in [2.45, 2.75) is 49.9 Å². The Bertz CT molecular complexity index is 2490. The Morgan fingerprint density at radius 2 is 1.10 bits per heavy atom.